The van der Waals surface area contributed by atoms with Gasteiger partial charge < -0.3 is 4.90 Å². The molecule has 0 amide bonds. The first kappa shape index (κ1) is 13.8. The molecule has 0 unspecified atom stereocenters. The molecule has 0 atom stereocenters. The highest BCUT2D eigenvalue weighted by atomic mass is 15.2. The van der Waals surface area contributed by atoms with E-state index in [1.807, 2.05) is 38.6 Å². The Bertz CT molecular complexity index is 441. The van der Waals surface area contributed by atoms with Gasteiger partial charge in [0.2, 0.25) is 0 Å². The molecular weight excluding hydrogens is 236 g/mol. The minimum absolute atomic E-state index is 0.268. The zero-order valence-electron chi connectivity index (χ0n) is 12.0. The van der Waals surface area contributed by atoms with Crippen molar-refractivity contribution >= 4 is 5.69 Å². The van der Waals surface area contributed by atoms with Gasteiger partial charge in [-0.1, -0.05) is 0 Å². The van der Waals surface area contributed by atoms with Gasteiger partial charge in [-0.15, -0.1) is 0 Å². The molecule has 1 aliphatic rings. The van der Waals surface area contributed by atoms with E-state index in [0.29, 0.717) is 6.04 Å². The first-order valence-electron chi connectivity index (χ1n) is 6.80. The predicted octanol–water partition coefficient (Wildman–Crippen LogP) is 2.28. The summed E-state index contributed by atoms with van der Waals surface area (Å²) in [6.45, 7) is 0. The van der Waals surface area contributed by atoms with E-state index in [4.69, 9.17) is 0 Å². The lowest BCUT2D eigenvalue weighted by atomic mass is 9.79. The fourth-order valence-electron chi connectivity index (χ4n) is 2.92. The number of rotatable bonds is 3. The van der Waals surface area contributed by atoms with Gasteiger partial charge in [-0.3, -0.25) is 9.88 Å². The van der Waals surface area contributed by atoms with E-state index in [-0.39, 0.29) is 5.54 Å². The maximum atomic E-state index is 9.44. The standard InChI is InChI=1S/C15H22N4/c1-18(2)15(12-16)8-4-13(5-9-15)19(3)14-6-10-17-11-7-14/h6-7,10-11,13H,4-5,8-9H2,1-3H3. The monoisotopic (exact) mass is 258 g/mol. The van der Waals surface area contributed by atoms with Crippen molar-refractivity contribution in [1.29, 1.82) is 5.26 Å². The molecular formula is C15H22N4. The molecule has 2 rings (SSSR count). The zero-order valence-corrected chi connectivity index (χ0v) is 12.0. The molecule has 4 nitrogen and oxygen atoms in total. The third-order valence-corrected chi connectivity index (χ3v) is 4.46. The smallest absolute Gasteiger partial charge is 0.108 e. The Labute approximate surface area is 115 Å². The van der Waals surface area contributed by atoms with Crippen LogP contribution in [-0.2, 0) is 0 Å². The summed E-state index contributed by atoms with van der Waals surface area (Å²) in [5.41, 5.74) is 0.935. The first-order chi connectivity index (χ1) is 9.09. The topological polar surface area (TPSA) is 43.2 Å². The molecule has 1 heterocycles. The van der Waals surface area contributed by atoms with Crippen LogP contribution in [0.5, 0.6) is 0 Å². The van der Waals surface area contributed by atoms with Gasteiger partial charge in [0, 0.05) is 31.2 Å². The van der Waals surface area contributed by atoms with E-state index >= 15 is 0 Å². The summed E-state index contributed by atoms with van der Waals surface area (Å²) in [7, 11) is 6.15. The summed E-state index contributed by atoms with van der Waals surface area (Å²) in [6, 6.07) is 7.11. The molecule has 0 saturated heterocycles. The van der Waals surface area contributed by atoms with Crippen molar-refractivity contribution in [2.24, 2.45) is 0 Å². The van der Waals surface area contributed by atoms with Crippen LogP contribution in [0.3, 0.4) is 0 Å². The van der Waals surface area contributed by atoms with Crippen molar-refractivity contribution in [2.45, 2.75) is 37.3 Å². The van der Waals surface area contributed by atoms with Gasteiger partial charge in [0.05, 0.1) is 6.07 Å². The van der Waals surface area contributed by atoms with Gasteiger partial charge in [0.25, 0.3) is 0 Å². The van der Waals surface area contributed by atoms with Crippen LogP contribution in [0.1, 0.15) is 25.7 Å². The van der Waals surface area contributed by atoms with Crippen molar-refractivity contribution in [1.82, 2.24) is 9.88 Å². The third kappa shape index (κ3) is 2.71. The maximum absolute atomic E-state index is 9.44. The average Bonchev–Trinajstić information content (AvgIpc) is 2.47. The molecule has 102 valence electrons. The summed E-state index contributed by atoms with van der Waals surface area (Å²) in [6.07, 6.45) is 7.66. The summed E-state index contributed by atoms with van der Waals surface area (Å²) in [5.74, 6) is 0. The van der Waals surface area contributed by atoms with E-state index in [9.17, 15) is 5.26 Å². The van der Waals surface area contributed by atoms with Crippen molar-refractivity contribution in [3.63, 3.8) is 0 Å². The quantitative estimate of drug-likeness (QED) is 0.834. The minimum Gasteiger partial charge on any atom is -0.372 e. The fraction of sp³-hybridized carbons (Fsp3) is 0.600. The van der Waals surface area contributed by atoms with E-state index in [2.05, 4.69) is 27.9 Å². The molecule has 4 heteroatoms. The molecule has 0 aromatic carbocycles. The molecule has 1 aromatic rings. The van der Waals surface area contributed by atoms with Crippen LogP contribution in [-0.4, -0.2) is 42.6 Å². The summed E-state index contributed by atoms with van der Waals surface area (Å²) < 4.78 is 0. The van der Waals surface area contributed by atoms with E-state index in [1.54, 1.807) is 0 Å². The Morgan fingerprint density at radius 3 is 2.26 bits per heavy atom. The van der Waals surface area contributed by atoms with Crippen LogP contribution < -0.4 is 4.90 Å². The number of pyridine rings is 1. The molecule has 19 heavy (non-hydrogen) atoms. The molecule has 0 N–H and O–H groups in total. The molecule has 0 radical (unpaired) electrons. The van der Waals surface area contributed by atoms with E-state index in [1.165, 1.54) is 5.69 Å². The van der Waals surface area contributed by atoms with Crippen LogP contribution >= 0.6 is 0 Å². The number of nitrogens with zero attached hydrogens (tertiary/aromatic N) is 4. The van der Waals surface area contributed by atoms with Crippen LogP contribution in [0.2, 0.25) is 0 Å². The largest absolute Gasteiger partial charge is 0.372 e. The lowest BCUT2D eigenvalue weighted by Crippen LogP contribution is -2.49. The Hall–Kier alpha value is -1.60. The molecule has 1 saturated carbocycles. The number of hydrogen-bond donors (Lipinski definition) is 0. The zero-order chi connectivity index (χ0) is 13.9. The number of anilines is 1. The average molecular weight is 258 g/mol. The lowest BCUT2D eigenvalue weighted by molar-refractivity contribution is 0.148. The summed E-state index contributed by atoms with van der Waals surface area (Å²) >= 11 is 0. The Kier molecular flexibility index (Phi) is 4.06. The fourth-order valence-corrected chi connectivity index (χ4v) is 2.92. The molecule has 1 aliphatic carbocycles. The van der Waals surface area contributed by atoms with E-state index in [0.717, 1.165) is 25.7 Å². The lowest BCUT2D eigenvalue weighted by Gasteiger charge is -2.42. The second kappa shape index (κ2) is 5.58. The molecule has 1 fully saturated rings. The summed E-state index contributed by atoms with van der Waals surface area (Å²) in [4.78, 5) is 8.45. The maximum Gasteiger partial charge on any atom is 0.108 e. The second-order valence-corrected chi connectivity index (χ2v) is 5.59. The van der Waals surface area contributed by atoms with Crippen molar-refractivity contribution in [2.75, 3.05) is 26.0 Å². The van der Waals surface area contributed by atoms with Gasteiger partial charge in [0.1, 0.15) is 5.54 Å². The van der Waals surface area contributed by atoms with Crippen LogP contribution in [0.15, 0.2) is 24.5 Å². The van der Waals surface area contributed by atoms with Gasteiger partial charge in [-0.2, -0.15) is 5.26 Å². The molecule has 0 aliphatic heterocycles. The predicted molar refractivity (Wildman–Crippen MR) is 76.9 cm³/mol. The van der Waals surface area contributed by atoms with Gasteiger partial charge >= 0.3 is 0 Å². The first-order valence-corrected chi connectivity index (χ1v) is 6.80. The van der Waals surface area contributed by atoms with Crippen molar-refractivity contribution in [3.8, 4) is 6.07 Å². The minimum atomic E-state index is -0.268. The van der Waals surface area contributed by atoms with Gasteiger partial charge in [0.15, 0.2) is 0 Å². The SMILES string of the molecule is CN(c1ccncc1)C1CCC(C#N)(N(C)C)CC1. The van der Waals surface area contributed by atoms with Crippen molar-refractivity contribution < 1.29 is 0 Å². The number of aromatic nitrogens is 1. The highest BCUT2D eigenvalue weighted by Crippen LogP contribution is 2.34. The second-order valence-electron chi connectivity index (χ2n) is 5.59. The van der Waals surface area contributed by atoms with Gasteiger partial charge in [-0.25, -0.2) is 0 Å². The number of nitriles is 1. The van der Waals surface area contributed by atoms with Crippen LogP contribution in [0, 0.1) is 11.3 Å². The normalized spacial score (nSPS) is 27.0. The van der Waals surface area contributed by atoms with E-state index < -0.39 is 0 Å². The number of hydrogen-bond acceptors (Lipinski definition) is 4. The molecule has 0 spiro atoms. The highest BCUT2D eigenvalue weighted by molar-refractivity contribution is 5.45. The van der Waals surface area contributed by atoms with Gasteiger partial charge in [-0.05, 0) is 51.9 Å². The van der Waals surface area contributed by atoms with Crippen LogP contribution in [0.25, 0.3) is 0 Å². The Balaban J connectivity index is 2.03. The third-order valence-electron chi connectivity index (χ3n) is 4.46. The molecule has 1 aromatic heterocycles. The van der Waals surface area contributed by atoms with Crippen LogP contribution in [0.4, 0.5) is 5.69 Å². The Morgan fingerprint density at radius 1 is 1.21 bits per heavy atom. The van der Waals surface area contributed by atoms with Crippen molar-refractivity contribution in [3.05, 3.63) is 24.5 Å². The Morgan fingerprint density at radius 2 is 1.79 bits per heavy atom. The molecule has 0 bridgehead atoms. The summed E-state index contributed by atoms with van der Waals surface area (Å²) in [5, 5.41) is 9.44. The highest BCUT2D eigenvalue weighted by Gasteiger charge is 2.38.